The summed E-state index contributed by atoms with van der Waals surface area (Å²) in [5.41, 5.74) is 1.34. The summed E-state index contributed by atoms with van der Waals surface area (Å²) in [6, 6.07) is 8.49. The topological polar surface area (TPSA) is 112 Å². The number of hydrogen-bond donors (Lipinski definition) is 4. The first kappa shape index (κ1) is 16.9. The molecule has 2 aromatic rings. The molecule has 0 aliphatic rings. The van der Waals surface area contributed by atoms with Crippen molar-refractivity contribution in [3.63, 3.8) is 0 Å². The number of amides is 2. The average Bonchev–Trinajstić information content (AvgIpc) is 2.88. The van der Waals surface area contributed by atoms with E-state index in [0.29, 0.717) is 12.1 Å². The van der Waals surface area contributed by atoms with Gasteiger partial charge in [-0.3, -0.25) is 5.32 Å². The van der Waals surface area contributed by atoms with Crippen molar-refractivity contribution in [1.29, 1.82) is 0 Å². The van der Waals surface area contributed by atoms with Crippen LogP contribution in [0.5, 0.6) is 0 Å². The highest BCUT2D eigenvalue weighted by molar-refractivity contribution is 7.17. The zero-order chi connectivity index (χ0) is 16.8. The van der Waals surface area contributed by atoms with Crippen LogP contribution in [0, 0.1) is 6.92 Å². The number of benzene rings is 1. The first-order chi connectivity index (χ1) is 11.0. The number of nitrogens with one attached hydrogen (secondary N) is 2. The smallest absolute Gasteiger partial charge is 0.347 e. The van der Waals surface area contributed by atoms with E-state index >= 15 is 0 Å². The number of rotatable bonds is 6. The Kier molecular flexibility index (Phi) is 5.67. The minimum absolute atomic E-state index is 0.0864. The molecule has 1 aromatic heterocycles. The van der Waals surface area contributed by atoms with Crippen molar-refractivity contribution < 1.29 is 19.8 Å². The minimum atomic E-state index is -1.08. The lowest BCUT2D eigenvalue weighted by Gasteiger charge is -2.16. The van der Waals surface area contributed by atoms with Crippen LogP contribution in [0.1, 0.15) is 20.9 Å². The number of aliphatic hydroxyl groups is 1. The number of carbonyl (C=O) groups excluding carboxylic acids is 1. The number of aliphatic hydroxyl groups excluding tert-OH is 1. The second-order valence-electron chi connectivity index (χ2n) is 4.91. The molecule has 1 heterocycles. The standard InChI is InChI=1S/C15H17N3O4S/c1-9-12(13(20)21)23-15(16-9)18-14(22)17-11(8-19)7-10-5-3-2-4-6-10/h2-6,11,19H,7-8H2,1H3,(H,20,21)(H2,16,17,18,22)/t11-/m1/s1. The van der Waals surface area contributed by atoms with Crippen LogP contribution >= 0.6 is 11.3 Å². The predicted molar refractivity (Wildman–Crippen MR) is 87.0 cm³/mol. The fraction of sp³-hybridized carbons (Fsp3) is 0.267. The van der Waals surface area contributed by atoms with Gasteiger partial charge in [-0.1, -0.05) is 41.7 Å². The summed E-state index contributed by atoms with van der Waals surface area (Å²) in [4.78, 5) is 27.0. The maximum Gasteiger partial charge on any atom is 0.347 e. The lowest BCUT2D eigenvalue weighted by atomic mass is 10.1. The van der Waals surface area contributed by atoms with Gasteiger partial charge in [-0.15, -0.1) is 0 Å². The van der Waals surface area contributed by atoms with Crippen LogP contribution in [0.4, 0.5) is 9.93 Å². The summed E-state index contributed by atoms with van der Waals surface area (Å²) in [7, 11) is 0. The Balaban J connectivity index is 1.95. The van der Waals surface area contributed by atoms with E-state index in [0.717, 1.165) is 16.9 Å². The fourth-order valence-electron chi connectivity index (χ4n) is 2.03. The van der Waals surface area contributed by atoms with Crippen LogP contribution in [0.15, 0.2) is 30.3 Å². The van der Waals surface area contributed by atoms with Crippen LogP contribution in [-0.4, -0.2) is 39.8 Å². The van der Waals surface area contributed by atoms with E-state index in [1.807, 2.05) is 30.3 Å². The number of anilines is 1. The van der Waals surface area contributed by atoms with Gasteiger partial charge in [0.2, 0.25) is 0 Å². The summed E-state index contributed by atoms with van der Waals surface area (Å²) < 4.78 is 0. The Morgan fingerprint density at radius 2 is 2.00 bits per heavy atom. The SMILES string of the molecule is Cc1nc(NC(=O)N[C@@H](CO)Cc2ccccc2)sc1C(=O)O. The maximum absolute atomic E-state index is 11.9. The molecule has 0 aliphatic heterocycles. The van der Waals surface area contributed by atoms with Gasteiger partial charge in [-0.05, 0) is 18.9 Å². The molecular formula is C15H17N3O4S. The fourth-order valence-corrected chi connectivity index (χ4v) is 2.83. The number of carboxylic acids is 1. The average molecular weight is 335 g/mol. The molecule has 23 heavy (non-hydrogen) atoms. The third kappa shape index (κ3) is 4.76. The zero-order valence-electron chi connectivity index (χ0n) is 12.4. The number of aromatic carboxylic acids is 1. The molecule has 0 aliphatic carbocycles. The highest BCUT2D eigenvalue weighted by Crippen LogP contribution is 2.22. The van der Waals surface area contributed by atoms with E-state index in [-0.39, 0.29) is 16.6 Å². The highest BCUT2D eigenvalue weighted by atomic mass is 32.1. The Morgan fingerprint density at radius 1 is 1.30 bits per heavy atom. The van der Waals surface area contributed by atoms with Gasteiger partial charge in [-0.2, -0.15) is 0 Å². The second kappa shape index (κ2) is 7.70. The molecule has 8 heteroatoms. The van der Waals surface area contributed by atoms with Gasteiger partial charge < -0.3 is 15.5 Å². The summed E-state index contributed by atoms with van der Waals surface area (Å²) in [6.07, 6.45) is 0.488. The molecule has 1 aromatic carbocycles. The van der Waals surface area contributed by atoms with Crippen LogP contribution in [0.3, 0.4) is 0 Å². The summed E-state index contributed by atoms with van der Waals surface area (Å²) >= 11 is 0.890. The van der Waals surface area contributed by atoms with Crippen molar-refractivity contribution in [2.75, 3.05) is 11.9 Å². The molecule has 7 nitrogen and oxygen atoms in total. The van der Waals surface area contributed by atoms with Crippen molar-refractivity contribution in [3.05, 3.63) is 46.5 Å². The van der Waals surface area contributed by atoms with Crippen LogP contribution < -0.4 is 10.6 Å². The Bertz CT molecular complexity index is 687. The monoisotopic (exact) mass is 335 g/mol. The molecule has 0 unspecified atom stereocenters. The highest BCUT2D eigenvalue weighted by Gasteiger charge is 2.17. The molecule has 4 N–H and O–H groups in total. The van der Waals surface area contributed by atoms with Crippen LogP contribution in [-0.2, 0) is 6.42 Å². The Labute approximate surface area is 137 Å². The normalized spacial score (nSPS) is 11.7. The molecule has 0 radical (unpaired) electrons. The first-order valence-electron chi connectivity index (χ1n) is 6.92. The van der Waals surface area contributed by atoms with Gasteiger partial charge in [0.05, 0.1) is 18.3 Å². The molecule has 0 saturated heterocycles. The van der Waals surface area contributed by atoms with Gasteiger partial charge in [-0.25, -0.2) is 14.6 Å². The molecule has 0 spiro atoms. The van der Waals surface area contributed by atoms with Crippen LogP contribution in [0.2, 0.25) is 0 Å². The molecule has 0 bridgehead atoms. The van der Waals surface area contributed by atoms with Gasteiger partial charge >= 0.3 is 12.0 Å². The van der Waals surface area contributed by atoms with Crippen LogP contribution in [0.25, 0.3) is 0 Å². The number of nitrogens with zero attached hydrogens (tertiary/aromatic N) is 1. The van der Waals surface area contributed by atoms with Gasteiger partial charge in [0.25, 0.3) is 0 Å². The summed E-state index contributed by atoms with van der Waals surface area (Å²) in [5.74, 6) is -1.08. The quantitative estimate of drug-likeness (QED) is 0.644. The molecule has 1 atom stereocenters. The van der Waals surface area contributed by atoms with Gasteiger partial charge in [0.1, 0.15) is 4.88 Å². The van der Waals surface area contributed by atoms with Crippen molar-refractivity contribution in [3.8, 4) is 0 Å². The number of hydrogen-bond acceptors (Lipinski definition) is 5. The van der Waals surface area contributed by atoms with E-state index in [4.69, 9.17) is 5.11 Å². The van der Waals surface area contributed by atoms with Gasteiger partial charge in [0, 0.05) is 0 Å². The number of carbonyl (C=O) groups is 2. The molecule has 0 fully saturated rings. The molecular weight excluding hydrogens is 318 g/mol. The van der Waals surface area contributed by atoms with E-state index in [2.05, 4.69) is 15.6 Å². The zero-order valence-corrected chi connectivity index (χ0v) is 13.3. The number of thiazole rings is 1. The number of aromatic nitrogens is 1. The molecule has 2 rings (SSSR count). The second-order valence-corrected chi connectivity index (χ2v) is 5.91. The third-order valence-electron chi connectivity index (χ3n) is 3.09. The largest absolute Gasteiger partial charge is 0.477 e. The summed E-state index contributed by atoms with van der Waals surface area (Å²) in [5, 5.41) is 23.7. The van der Waals surface area contributed by atoms with E-state index in [1.54, 1.807) is 6.92 Å². The third-order valence-corrected chi connectivity index (χ3v) is 4.15. The number of carboxylic acid groups (broad SMARTS) is 1. The van der Waals surface area contributed by atoms with E-state index in [9.17, 15) is 14.7 Å². The van der Waals surface area contributed by atoms with E-state index < -0.39 is 18.0 Å². The lowest BCUT2D eigenvalue weighted by Crippen LogP contribution is -2.41. The van der Waals surface area contributed by atoms with E-state index in [1.165, 1.54) is 0 Å². The van der Waals surface area contributed by atoms with Crippen molar-refractivity contribution >= 4 is 28.5 Å². The maximum atomic E-state index is 11.9. The number of urea groups is 1. The van der Waals surface area contributed by atoms with Gasteiger partial charge in [0.15, 0.2) is 5.13 Å². The molecule has 2 amide bonds. The first-order valence-corrected chi connectivity index (χ1v) is 7.74. The molecule has 122 valence electrons. The molecule has 0 saturated carbocycles. The Hall–Kier alpha value is -2.45. The summed E-state index contributed by atoms with van der Waals surface area (Å²) in [6.45, 7) is 1.36. The lowest BCUT2D eigenvalue weighted by molar-refractivity contribution is 0.0701. The predicted octanol–water partition coefficient (Wildman–Crippen LogP) is 1.87. The van der Waals surface area contributed by atoms with Crippen molar-refractivity contribution in [1.82, 2.24) is 10.3 Å². The van der Waals surface area contributed by atoms with Crippen molar-refractivity contribution in [2.24, 2.45) is 0 Å². The minimum Gasteiger partial charge on any atom is -0.477 e. The number of aryl methyl sites for hydroxylation is 1. The Morgan fingerprint density at radius 3 is 2.57 bits per heavy atom. The van der Waals surface area contributed by atoms with Crippen molar-refractivity contribution in [2.45, 2.75) is 19.4 Å².